The van der Waals surface area contributed by atoms with Gasteiger partial charge in [0.15, 0.2) is 5.11 Å². The highest BCUT2D eigenvalue weighted by Crippen LogP contribution is 2.31. The number of halogens is 1. The lowest BCUT2D eigenvalue weighted by atomic mass is 9.94. The summed E-state index contributed by atoms with van der Waals surface area (Å²) in [6.45, 7) is 1.84. The fourth-order valence-electron chi connectivity index (χ4n) is 2.29. The molecule has 0 bridgehead atoms. The summed E-state index contributed by atoms with van der Waals surface area (Å²) in [6, 6.07) is 5.76. The second-order valence-corrected chi connectivity index (χ2v) is 5.58. The summed E-state index contributed by atoms with van der Waals surface area (Å²) in [5.74, 6) is -0.461. The molecule has 0 aliphatic carbocycles. The van der Waals surface area contributed by atoms with E-state index in [0.717, 1.165) is 5.70 Å². The molecule has 112 valence electrons. The van der Waals surface area contributed by atoms with Crippen LogP contribution in [-0.4, -0.2) is 42.0 Å². The smallest absolute Gasteiger partial charge is 0.253 e. The van der Waals surface area contributed by atoms with Crippen molar-refractivity contribution in [2.24, 2.45) is 0 Å². The van der Waals surface area contributed by atoms with Crippen molar-refractivity contribution in [3.8, 4) is 0 Å². The largest absolute Gasteiger partial charge is 0.351 e. The second kappa shape index (κ2) is 5.81. The minimum atomic E-state index is -0.445. The Bertz CT molecular complexity index is 627. The summed E-state index contributed by atoms with van der Waals surface area (Å²) in [5.41, 5.74) is 2.02. The molecular weight excluding hydrogens is 289 g/mol. The standard InChI is InChI=1S/C15H18FN3OS/c1-9-12(14(20)18(2)3)13(17-15(21)19(9)4)10-6-5-7-11(16)8-10/h5-8,13H,1-4H3,(H,17,21). The van der Waals surface area contributed by atoms with E-state index in [4.69, 9.17) is 12.2 Å². The normalized spacial score (nSPS) is 18.6. The van der Waals surface area contributed by atoms with E-state index in [0.29, 0.717) is 16.2 Å². The number of amides is 1. The molecule has 1 unspecified atom stereocenters. The zero-order valence-corrected chi connectivity index (χ0v) is 13.3. The predicted octanol–water partition coefficient (Wildman–Crippen LogP) is 2.05. The van der Waals surface area contributed by atoms with Gasteiger partial charge >= 0.3 is 0 Å². The summed E-state index contributed by atoms with van der Waals surface area (Å²) in [4.78, 5) is 15.8. The van der Waals surface area contributed by atoms with Crippen LogP contribution in [0.4, 0.5) is 4.39 Å². The van der Waals surface area contributed by atoms with Crippen LogP contribution in [0.25, 0.3) is 0 Å². The fourth-order valence-corrected chi connectivity index (χ4v) is 2.54. The van der Waals surface area contributed by atoms with Crippen molar-refractivity contribution in [1.82, 2.24) is 15.1 Å². The van der Waals surface area contributed by atoms with Crippen LogP contribution < -0.4 is 5.32 Å². The van der Waals surface area contributed by atoms with E-state index in [-0.39, 0.29) is 11.7 Å². The monoisotopic (exact) mass is 307 g/mol. The number of nitrogens with zero attached hydrogens (tertiary/aromatic N) is 2. The average Bonchev–Trinajstić information content (AvgIpc) is 2.43. The van der Waals surface area contributed by atoms with E-state index in [1.807, 2.05) is 6.92 Å². The van der Waals surface area contributed by atoms with Gasteiger partial charge < -0.3 is 15.1 Å². The zero-order chi connectivity index (χ0) is 15.7. The van der Waals surface area contributed by atoms with Gasteiger partial charge in [-0.2, -0.15) is 0 Å². The number of likely N-dealkylation sites (N-methyl/N-ethyl adjacent to an activating group) is 1. The Morgan fingerprint density at radius 1 is 1.43 bits per heavy atom. The van der Waals surface area contributed by atoms with Gasteiger partial charge in [-0.3, -0.25) is 4.79 Å². The summed E-state index contributed by atoms with van der Waals surface area (Å²) in [5, 5.41) is 3.62. The molecule has 1 aliphatic rings. The van der Waals surface area contributed by atoms with Crippen LogP contribution in [0, 0.1) is 5.82 Å². The number of benzene rings is 1. The van der Waals surface area contributed by atoms with Gasteiger partial charge in [0.2, 0.25) is 0 Å². The van der Waals surface area contributed by atoms with E-state index in [2.05, 4.69) is 5.32 Å². The second-order valence-electron chi connectivity index (χ2n) is 5.20. The SMILES string of the molecule is CC1=C(C(=O)N(C)C)C(c2cccc(F)c2)NC(=S)N1C. The Labute approximate surface area is 129 Å². The third-order valence-corrected chi connectivity index (χ3v) is 3.96. The van der Waals surface area contributed by atoms with Gasteiger partial charge in [0.25, 0.3) is 5.91 Å². The van der Waals surface area contributed by atoms with Crippen LogP contribution in [-0.2, 0) is 4.79 Å². The molecule has 21 heavy (non-hydrogen) atoms. The maximum absolute atomic E-state index is 13.5. The molecule has 1 N–H and O–H groups in total. The van der Waals surface area contributed by atoms with Gasteiger partial charge in [-0.05, 0) is 36.8 Å². The van der Waals surface area contributed by atoms with Crippen LogP contribution >= 0.6 is 12.2 Å². The number of rotatable bonds is 2. The van der Waals surface area contributed by atoms with Crippen molar-refractivity contribution in [3.63, 3.8) is 0 Å². The molecule has 1 aliphatic heterocycles. The number of allylic oxidation sites excluding steroid dienone is 1. The molecule has 0 fully saturated rings. The zero-order valence-electron chi connectivity index (χ0n) is 12.5. The van der Waals surface area contributed by atoms with E-state index in [1.165, 1.54) is 17.0 Å². The number of carbonyl (C=O) groups excluding carboxylic acids is 1. The highest BCUT2D eigenvalue weighted by molar-refractivity contribution is 7.80. The van der Waals surface area contributed by atoms with Crippen LogP contribution in [0.1, 0.15) is 18.5 Å². The van der Waals surface area contributed by atoms with Crippen molar-refractivity contribution >= 4 is 23.2 Å². The van der Waals surface area contributed by atoms with Gasteiger partial charge in [-0.1, -0.05) is 12.1 Å². The van der Waals surface area contributed by atoms with Crippen LogP contribution in [0.3, 0.4) is 0 Å². The topological polar surface area (TPSA) is 35.6 Å². The first-order valence-electron chi connectivity index (χ1n) is 6.55. The third-order valence-electron chi connectivity index (χ3n) is 3.57. The molecule has 0 saturated heterocycles. The quantitative estimate of drug-likeness (QED) is 0.848. The minimum absolute atomic E-state index is 0.122. The molecular formula is C15H18FN3OS. The van der Waals surface area contributed by atoms with E-state index >= 15 is 0 Å². The van der Waals surface area contributed by atoms with E-state index in [1.54, 1.807) is 38.2 Å². The molecule has 0 radical (unpaired) electrons. The van der Waals surface area contributed by atoms with Gasteiger partial charge in [-0.25, -0.2) is 4.39 Å². The van der Waals surface area contributed by atoms with Gasteiger partial charge in [0, 0.05) is 26.8 Å². The number of carbonyl (C=O) groups is 1. The molecule has 2 rings (SSSR count). The first-order valence-corrected chi connectivity index (χ1v) is 6.96. The van der Waals surface area contributed by atoms with Crippen molar-refractivity contribution in [3.05, 3.63) is 46.9 Å². The van der Waals surface area contributed by atoms with Crippen molar-refractivity contribution < 1.29 is 9.18 Å². The third kappa shape index (κ3) is 2.90. The maximum atomic E-state index is 13.5. The molecule has 1 heterocycles. The Morgan fingerprint density at radius 2 is 2.10 bits per heavy atom. The summed E-state index contributed by atoms with van der Waals surface area (Å²) in [6.07, 6.45) is 0. The minimum Gasteiger partial charge on any atom is -0.351 e. The molecule has 6 heteroatoms. The Morgan fingerprint density at radius 3 is 2.67 bits per heavy atom. The highest BCUT2D eigenvalue weighted by atomic mass is 32.1. The molecule has 1 aromatic carbocycles. The van der Waals surface area contributed by atoms with Gasteiger partial charge in [-0.15, -0.1) is 0 Å². The van der Waals surface area contributed by atoms with Gasteiger partial charge in [0.1, 0.15) is 5.82 Å². The maximum Gasteiger partial charge on any atom is 0.253 e. The molecule has 1 atom stereocenters. The first-order chi connectivity index (χ1) is 9.82. The Kier molecular flexibility index (Phi) is 4.27. The fraction of sp³-hybridized carbons (Fsp3) is 0.333. The molecule has 4 nitrogen and oxygen atoms in total. The summed E-state index contributed by atoms with van der Waals surface area (Å²) in [7, 11) is 5.19. The van der Waals surface area contributed by atoms with E-state index < -0.39 is 6.04 Å². The van der Waals surface area contributed by atoms with E-state index in [9.17, 15) is 9.18 Å². The summed E-state index contributed by atoms with van der Waals surface area (Å²) < 4.78 is 13.5. The lowest BCUT2D eigenvalue weighted by molar-refractivity contribution is -0.125. The van der Waals surface area contributed by atoms with Crippen LogP contribution in [0.15, 0.2) is 35.5 Å². The lowest BCUT2D eigenvalue weighted by Crippen LogP contribution is -2.47. The molecule has 1 aromatic rings. The van der Waals surface area contributed by atoms with Crippen molar-refractivity contribution in [1.29, 1.82) is 0 Å². The number of thiocarbonyl (C=S) groups is 1. The van der Waals surface area contributed by atoms with Gasteiger partial charge in [0.05, 0.1) is 11.6 Å². The Balaban J connectivity index is 2.56. The van der Waals surface area contributed by atoms with Crippen LogP contribution in [0.2, 0.25) is 0 Å². The van der Waals surface area contributed by atoms with Crippen molar-refractivity contribution in [2.75, 3.05) is 21.1 Å². The Hall–Kier alpha value is -1.95. The van der Waals surface area contributed by atoms with Crippen LogP contribution in [0.5, 0.6) is 0 Å². The highest BCUT2D eigenvalue weighted by Gasteiger charge is 2.33. The summed E-state index contributed by atoms with van der Waals surface area (Å²) >= 11 is 5.28. The molecule has 0 aromatic heterocycles. The predicted molar refractivity (Wildman–Crippen MR) is 84.0 cm³/mol. The first kappa shape index (κ1) is 15.4. The molecule has 0 spiro atoms. The van der Waals surface area contributed by atoms with Crippen molar-refractivity contribution in [2.45, 2.75) is 13.0 Å². The molecule has 0 saturated carbocycles. The molecule has 1 amide bonds. The number of hydrogen-bond acceptors (Lipinski definition) is 2. The average molecular weight is 307 g/mol. The number of nitrogens with one attached hydrogen (secondary N) is 1. The number of hydrogen-bond donors (Lipinski definition) is 1. The lowest BCUT2D eigenvalue weighted by Gasteiger charge is -2.36.